The van der Waals surface area contributed by atoms with E-state index in [1.54, 1.807) is 7.11 Å². The number of hydrogen-bond donors (Lipinski definition) is 3. The molecule has 0 amide bonds. The number of carbonyl (C=O) groups is 1. The summed E-state index contributed by atoms with van der Waals surface area (Å²) in [5, 5.41) is 12.2. The SMILES string of the molecule is COc1cc2nc(Nc3ccc(C(C)C)cc3)[nH]c2cc1CCC(=O)O. The maximum absolute atomic E-state index is 10.8. The Morgan fingerprint density at radius 3 is 2.62 bits per heavy atom. The molecule has 6 heteroatoms. The number of rotatable bonds is 7. The van der Waals surface area contributed by atoms with Crippen molar-refractivity contribution in [3.05, 3.63) is 47.5 Å². The first-order valence-corrected chi connectivity index (χ1v) is 8.61. The second-order valence-corrected chi connectivity index (χ2v) is 6.56. The van der Waals surface area contributed by atoms with Crippen molar-refractivity contribution in [2.45, 2.75) is 32.6 Å². The van der Waals surface area contributed by atoms with Gasteiger partial charge >= 0.3 is 5.97 Å². The van der Waals surface area contributed by atoms with Crippen molar-refractivity contribution in [3.8, 4) is 5.75 Å². The first-order valence-electron chi connectivity index (χ1n) is 8.61. The molecule has 0 fully saturated rings. The molecule has 1 heterocycles. The molecular formula is C20H23N3O3. The van der Waals surface area contributed by atoms with E-state index in [1.165, 1.54) is 5.56 Å². The van der Waals surface area contributed by atoms with E-state index in [0.717, 1.165) is 22.3 Å². The first kappa shape index (κ1) is 17.8. The van der Waals surface area contributed by atoms with E-state index in [1.807, 2.05) is 24.3 Å². The van der Waals surface area contributed by atoms with Crippen molar-refractivity contribution in [1.29, 1.82) is 0 Å². The van der Waals surface area contributed by atoms with Crippen LogP contribution in [-0.4, -0.2) is 28.2 Å². The van der Waals surface area contributed by atoms with Gasteiger partial charge in [0.2, 0.25) is 5.95 Å². The number of imidazole rings is 1. The first-order chi connectivity index (χ1) is 12.5. The molecule has 0 unspecified atom stereocenters. The van der Waals surface area contributed by atoms with E-state index in [9.17, 15) is 4.79 Å². The molecule has 1 aromatic heterocycles. The number of nitrogens with zero attached hydrogens (tertiary/aromatic N) is 1. The maximum Gasteiger partial charge on any atom is 0.303 e. The molecule has 0 atom stereocenters. The molecule has 0 spiro atoms. The molecule has 0 aliphatic rings. The smallest absolute Gasteiger partial charge is 0.303 e. The second-order valence-electron chi connectivity index (χ2n) is 6.56. The van der Waals surface area contributed by atoms with Crippen molar-refractivity contribution < 1.29 is 14.6 Å². The number of hydrogen-bond acceptors (Lipinski definition) is 4. The molecule has 3 rings (SSSR count). The number of aromatic amines is 1. The molecule has 3 N–H and O–H groups in total. The van der Waals surface area contributed by atoms with Crippen molar-refractivity contribution in [1.82, 2.24) is 9.97 Å². The summed E-state index contributed by atoms with van der Waals surface area (Å²) in [6.07, 6.45) is 0.468. The lowest BCUT2D eigenvalue weighted by atomic mass is 10.0. The highest BCUT2D eigenvalue weighted by Gasteiger charge is 2.11. The number of nitrogens with one attached hydrogen (secondary N) is 2. The van der Waals surface area contributed by atoms with Crippen molar-refractivity contribution in [2.24, 2.45) is 0 Å². The zero-order chi connectivity index (χ0) is 18.7. The zero-order valence-electron chi connectivity index (χ0n) is 15.2. The maximum atomic E-state index is 10.8. The minimum atomic E-state index is -0.830. The minimum Gasteiger partial charge on any atom is -0.496 e. The number of ether oxygens (including phenoxy) is 1. The van der Waals surface area contributed by atoms with E-state index in [2.05, 4.69) is 41.3 Å². The van der Waals surface area contributed by atoms with Gasteiger partial charge in [-0.3, -0.25) is 4.79 Å². The highest BCUT2D eigenvalue weighted by molar-refractivity contribution is 5.81. The van der Waals surface area contributed by atoms with E-state index in [0.29, 0.717) is 24.0 Å². The average molecular weight is 353 g/mol. The predicted octanol–water partition coefficient (Wildman–Crippen LogP) is 4.46. The number of methoxy groups -OCH3 is 1. The van der Waals surface area contributed by atoms with Crippen LogP contribution in [0.3, 0.4) is 0 Å². The largest absolute Gasteiger partial charge is 0.496 e. The lowest BCUT2D eigenvalue weighted by Gasteiger charge is -2.07. The fourth-order valence-electron chi connectivity index (χ4n) is 2.86. The van der Waals surface area contributed by atoms with Crippen LogP contribution in [0.2, 0.25) is 0 Å². The Bertz CT molecular complexity index is 914. The number of aliphatic carboxylic acids is 1. The molecule has 2 aromatic carbocycles. The van der Waals surface area contributed by atoms with Gasteiger partial charge in [-0.2, -0.15) is 0 Å². The third kappa shape index (κ3) is 3.96. The molecule has 6 nitrogen and oxygen atoms in total. The highest BCUT2D eigenvalue weighted by atomic mass is 16.5. The van der Waals surface area contributed by atoms with Crippen molar-refractivity contribution in [3.63, 3.8) is 0 Å². The third-order valence-corrected chi connectivity index (χ3v) is 4.33. The summed E-state index contributed by atoms with van der Waals surface area (Å²) in [5.74, 6) is 0.948. The van der Waals surface area contributed by atoms with Gasteiger partial charge in [0.1, 0.15) is 5.75 Å². The van der Waals surface area contributed by atoms with Gasteiger partial charge in [-0.25, -0.2) is 4.98 Å². The van der Waals surface area contributed by atoms with Gasteiger partial charge in [-0.1, -0.05) is 26.0 Å². The topological polar surface area (TPSA) is 87.2 Å². The number of aryl methyl sites for hydroxylation is 1. The fraction of sp³-hybridized carbons (Fsp3) is 0.300. The molecule has 0 bridgehead atoms. The van der Waals surface area contributed by atoms with Crippen LogP contribution < -0.4 is 10.1 Å². The monoisotopic (exact) mass is 353 g/mol. The summed E-state index contributed by atoms with van der Waals surface area (Å²) in [4.78, 5) is 18.6. The summed E-state index contributed by atoms with van der Waals surface area (Å²) in [5.41, 5.74) is 4.69. The van der Waals surface area contributed by atoms with Crippen LogP contribution in [0.4, 0.5) is 11.6 Å². The van der Waals surface area contributed by atoms with E-state index >= 15 is 0 Å². The van der Waals surface area contributed by atoms with Gasteiger partial charge in [-0.15, -0.1) is 0 Å². The number of fused-ring (bicyclic) bond motifs is 1. The van der Waals surface area contributed by atoms with Crippen molar-refractivity contribution >= 4 is 28.6 Å². The zero-order valence-corrected chi connectivity index (χ0v) is 15.2. The molecule has 0 saturated carbocycles. The van der Waals surface area contributed by atoms with Gasteiger partial charge in [0.15, 0.2) is 0 Å². The number of aromatic nitrogens is 2. The summed E-state index contributed by atoms with van der Waals surface area (Å²) in [6, 6.07) is 12.0. The number of carboxylic acids is 1. The number of benzene rings is 2. The summed E-state index contributed by atoms with van der Waals surface area (Å²) >= 11 is 0. The lowest BCUT2D eigenvalue weighted by Crippen LogP contribution is -1.99. The number of anilines is 2. The molecule has 136 valence electrons. The van der Waals surface area contributed by atoms with Gasteiger partial charge in [0.05, 0.1) is 18.1 Å². The standard InChI is InChI=1S/C20H23N3O3/c1-12(2)13-4-7-15(8-5-13)21-20-22-16-10-14(6-9-19(24)25)18(26-3)11-17(16)23-20/h4-5,7-8,10-12H,6,9H2,1-3H3,(H,24,25)(H2,21,22,23). The molecule has 0 saturated heterocycles. The highest BCUT2D eigenvalue weighted by Crippen LogP contribution is 2.28. The quantitative estimate of drug-likeness (QED) is 0.584. The Hall–Kier alpha value is -3.02. The Morgan fingerprint density at radius 2 is 2.00 bits per heavy atom. The second kappa shape index (κ2) is 7.47. The Balaban J connectivity index is 1.84. The molecular weight excluding hydrogens is 330 g/mol. The molecule has 0 aliphatic carbocycles. The Labute approximate surface area is 152 Å². The van der Waals surface area contributed by atoms with Gasteiger partial charge < -0.3 is 20.1 Å². The summed E-state index contributed by atoms with van der Waals surface area (Å²) in [6.45, 7) is 4.33. The van der Waals surface area contributed by atoms with Crippen LogP contribution >= 0.6 is 0 Å². The van der Waals surface area contributed by atoms with Gasteiger partial charge in [-0.05, 0) is 41.7 Å². The number of H-pyrrole nitrogens is 1. The lowest BCUT2D eigenvalue weighted by molar-refractivity contribution is -0.136. The number of carboxylic acid groups (broad SMARTS) is 1. The molecule has 3 aromatic rings. The van der Waals surface area contributed by atoms with Gasteiger partial charge in [0.25, 0.3) is 0 Å². The van der Waals surface area contributed by atoms with E-state index < -0.39 is 5.97 Å². The minimum absolute atomic E-state index is 0.0588. The fourth-order valence-corrected chi connectivity index (χ4v) is 2.86. The van der Waals surface area contributed by atoms with E-state index in [4.69, 9.17) is 9.84 Å². The van der Waals surface area contributed by atoms with Crippen LogP contribution in [0.25, 0.3) is 11.0 Å². The van der Waals surface area contributed by atoms with E-state index in [-0.39, 0.29) is 6.42 Å². The van der Waals surface area contributed by atoms with Crippen molar-refractivity contribution in [2.75, 3.05) is 12.4 Å². The van der Waals surface area contributed by atoms with Crippen LogP contribution in [0.5, 0.6) is 5.75 Å². The third-order valence-electron chi connectivity index (χ3n) is 4.33. The van der Waals surface area contributed by atoms with Crippen LogP contribution in [-0.2, 0) is 11.2 Å². The van der Waals surface area contributed by atoms with Crippen LogP contribution in [0.15, 0.2) is 36.4 Å². The molecule has 26 heavy (non-hydrogen) atoms. The Morgan fingerprint density at radius 1 is 1.27 bits per heavy atom. The van der Waals surface area contributed by atoms with Crippen LogP contribution in [0.1, 0.15) is 37.3 Å². The summed E-state index contributed by atoms with van der Waals surface area (Å²) in [7, 11) is 1.58. The predicted molar refractivity (Wildman–Crippen MR) is 102 cm³/mol. The average Bonchev–Trinajstić information content (AvgIpc) is 3.00. The van der Waals surface area contributed by atoms with Gasteiger partial charge in [0, 0.05) is 18.2 Å². The summed E-state index contributed by atoms with van der Waals surface area (Å²) < 4.78 is 5.38. The van der Waals surface area contributed by atoms with Crippen LogP contribution in [0, 0.1) is 0 Å². The molecule has 0 aliphatic heterocycles. The normalized spacial score (nSPS) is 11.1. The Kier molecular flexibility index (Phi) is 5.11. The molecule has 0 radical (unpaired) electrons.